The van der Waals surface area contributed by atoms with Crippen LogP contribution in [-0.2, 0) is 11.2 Å². The summed E-state index contributed by atoms with van der Waals surface area (Å²) in [7, 11) is 3.55. The van der Waals surface area contributed by atoms with Crippen molar-refractivity contribution in [2.24, 2.45) is 16.3 Å². The number of ether oxygens (including phenoxy) is 2. The van der Waals surface area contributed by atoms with Crippen molar-refractivity contribution in [2.45, 2.75) is 44.2 Å². The number of hydrogen-bond acceptors (Lipinski definition) is 3. The molecule has 0 radical (unpaired) electrons. The van der Waals surface area contributed by atoms with Crippen LogP contribution in [0.3, 0.4) is 0 Å². The molecule has 0 aromatic heterocycles. The average Bonchev–Trinajstić information content (AvgIpc) is 3.02. The van der Waals surface area contributed by atoms with Gasteiger partial charge in [0.2, 0.25) is 0 Å². The highest BCUT2D eigenvalue weighted by molar-refractivity contribution is 5.80. The first-order chi connectivity index (χ1) is 12.3. The summed E-state index contributed by atoms with van der Waals surface area (Å²) in [6.45, 7) is 1.80. The van der Waals surface area contributed by atoms with Gasteiger partial charge in [0.05, 0.1) is 13.2 Å². The number of guanidine groups is 1. The van der Waals surface area contributed by atoms with E-state index in [9.17, 15) is 0 Å². The molecule has 1 aliphatic heterocycles. The second-order valence-corrected chi connectivity index (χ2v) is 7.55. The van der Waals surface area contributed by atoms with Gasteiger partial charge in [-0.15, -0.1) is 0 Å². The molecule has 1 heterocycles. The van der Waals surface area contributed by atoms with E-state index < -0.39 is 0 Å². The van der Waals surface area contributed by atoms with Crippen molar-refractivity contribution < 1.29 is 9.47 Å². The zero-order valence-electron chi connectivity index (χ0n) is 15.3. The van der Waals surface area contributed by atoms with Gasteiger partial charge in [-0.05, 0) is 43.4 Å². The lowest BCUT2D eigenvalue weighted by molar-refractivity contribution is -0.171. The van der Waals surface area contributed by atoms with Crippen LogP contribution in [0.2, 0.25) is 0 Å². The Labute approximate surface area is 150 Å². The molecule has 1 aromatic rings. The van der Waals surface area contributed by atoms with Gasteiger partial charge in [-0.2, -0.15) is 0 Å². The van der Waals surface area contributed by atoms with Crippen LogP contribution < -0.4 is 15.4 Å². The zero-order valence-corrected chi connectivity index (χ0v) is 15.3. The molecule has 2 saturated carbocycles. The van der Waals surface area contributed by atoms with E-state index in [4.69, 9.17) is 9.47 Å². The minimum atomic E-state index is 0.384. The summed E-state index contributed by atoms with van der Waals surface area (Å²) in [6.07, 6.45) is 6.59. The molecule has 3 aliphatic rings. The van der Waals surface area contributed by atoms with Crippen LogP contribution in [0.25, 0.3) is 0 Å². The Morgan fingerprint density at radius 3 is 2.76 bits per heavy atom. The largest absolute Gasteiger partial charge is 0.497 e. The topological polar surface area (TPSA) is 54.9 Å². The van der Waals surface area contributed by atoms with Gasteiger partial charge in [0.25, 0.3) is 0 Å². The maximum atomic E-state index is 6.00. The van der Waals surface area contributed by atoms with Gasteiger partial charge in [0, 0.05) is 37.6 Å². The fourth-order valence-corrected chi connectivity index (χ4v) is 4.92. The number of methoxy groups -OCH3 is 1. The van der Waals surface area contributed by atoms with Gasteiger partial charge in [0.1, 0.15) is 5.75 Å². The van der Waals surface area contributed by atoms with E-state index >= 15 is 0 Å². The van der Waals surface area contributed by atoms with Gasteiger partial charge in [-0.25, -0.2) is 0 Å². The lowest BCUT2D eigenvalue weighted by Gasteiger charge is -2.63. The van der Waals surface area contributed by atoms with Crippen molar-refractivity contribution in [3.05, 3.63) is 29.8 Å². The van der Waals surface area contributed by atoms with Crippen LogP contribution in [0.5, 0.6) is 5.75 Å². The third kappa shape index (κ3) is 2.88. The first-order valence-electron chi connectivity index (χ1n) is 9.48. The Kier molecular flexibility index (Phi) is 4.59. The molecule has 2 aliphatic carbocycles. The van der Waals surface area contributed by atoms with Crippen molar-refractivity contribution >= 4 is 5.96 Å². The summed E-state index contributed by atoms with van der Waals surface area (Å²) in [5.41, 5.74) is 1.68. The summed E-state index contributed by atoms with van der Waals surface area (Å²) < 4.78 is 11.2. The van der Waals surface area contributed by atoms with E-state index in [2.05, 4.69) is 27.8 Å². The molecule has 4 rings (SSSR count). The number of rotatable bonds is 5. The molecule has 5 heteroatoms. The Morgan fingerprint density at radius 1 is 1.32 bits per heavy atom. The predicted molar refractivity (Wildman–Crippen MR) is 99.1 cm³/mol. The molecule has 136 valence electrons. The summed E-state index contributed by atoms with van der Waals surface area (Å²) in [5, 5.41) is 7.19. The van der Waals surface area contributed by atoms with E-state index in [1.807, 2.05) is 19.2 Å². The summed E-state index contributed by atoms with van der Waals surface area (Å²) in [4.78, 5) is 4.44. The van der Waals surface area contributed by atoms with Crippen LogP contribution in [0.15, 0.2) is 29.3 Å². The smallest absolute Gasteiger partial charge is 0.191 e. The molecule has 3 unspecified atom stereocenters. The third-order valence-electron chi connectivity index (χ3n) is 6.42. The first kappa shape index (κ1) is 16.7. The highest BCUT2D eigenvalue weighted by Crippen LogP contribution is 2.62. The van der Waals surface area contributed by atoms with E-state index in [1.54, 1.807) is 7.11 Å². The van der Waals surface area contributed by atoms with Gasteiger partial charge in [0.15, 0.2) is 5.96 Å². The Balaban J connectivity index is 1.29. The number of nitrogens with zero attached hydrogens (tertiary/aromatic N) is 1. The lowest BCUT2D eigenvalue weighted by Crippen LogP contribution is -2.72. The van der Waals surface area contributed by atoms with Gasteiger partial charge in [-0.1, -0.05) is 18.6 Å². The molecule has 0 amide bonds. The molecule has 1 saturated heterocycles. The molecule has 2 N–H and O–H groups in total. The SMILES string of the molecule is CN=C(NCCc1ccc(OC)cc1)NC1C2CCOC2C12CCC2. The molecule has 0 bridgehead atoms. The average molecular weight is 343 g/mol. The zero-order chi connectivity index (χ0) is 17.3. The third-order valence-corrected chi connectivity index (χ3v) is 6.42. The number of hydrogen-bond donors (Lipinski definition) is 2. The molecular formula is C20H29N3O2. The molecule has 3 atom stereocenters. The van der Waals surface area contributed by atoms with Crippen LogP contribution in [0.1, 0.15) is 31.2 Å². The van der Waals surface area contributed by atoms with E-state index in [-0.39, 0.29) is 0 Å². The van der Waals surface area contributed by atoms with Gasteiger partial charge in [-0.3, -0.25) is 4.99 Å². The molecule has 1 spiro atoms. The lowest BCUT2D eigenvalue weighted by atomic mass is 9.46. The van der Waals surface area contributed by atoms with Crippen LogP contribution in [-0.4, -0.2) is 45.4 Å². The van der Waals surface area contributed by atoms with Gasteiger partial charge < -0.3 is 20.1 Å². The van der Waals surface area contributed by atoms with Crippen molar-refractivity contribution in [2.75, 3.05) is 27.3 Å². The fourth-order valence-electron chi connectivity index (χ4n) is 4.92. The Morgan fingerprint density at radius 2 is 2.12 bits per heavy atom. The predicted octanol–water partition coefficient (Wildman–Crippen LogP) is 2.36. The minimum Gasteiger partial charge on any atom is -0.497 e. The number of aliphatic imine (C=N–C) groups is 1. The quantitative estimate of drug-likeness (QED) is 0.637. The van der Waals surface area contributed by atoms with Crippen molar-refractivity contribution in [1.29, 1.82) is 0 Å². The number of fused-ring (bicyclic) bond motifs is 2. The monoisotopic (exact) mass is 343 g/mol. The number of nitrogens with one attached hydrogen (secondary N) is 2. The maximum absolute atomic E-state index is 6.00. The molecular weight excluding hydrogens is 314 g/mol. The van der Waals surface area contributed by atoms with Crippen molar-refractivity contribution in [1.82, 2.24) is 10.6 Å². The Hall–Kier alpha value is -1.75. The molecule has 25 heavy (non-hydrogen) atoms. The maximum Gasteiger partial charge on any atom is 0.191 e. The van der Waals surface area contributed by atoms with Crippen LogP contribution in [0, 0.1) is 11.3 Å². The number of benzene rings is 1. The highest BCUT2D eigenvalue weighted by atomic mass is 16.5. The van der Waals surface area contributed by atoms with Crippen LogP contribution in [0.4, 0.5) is 0 Å². The summed E-state index contributed by atoms with van der Waals surface area (Å²) in [6, 6.07) is 8.79. The standard InChI is InChI=1S/C20H29N3O2/c1-21-19(22-12-8-14-4-6-15(24-2)7-5-14)23-17-16-9-13-25-18(16)20(17)10-3-11-20/h4-7,16-18H,3,8-13H2,1-2H3,(H2,21,22,23). The first-order valence-corrected chi connectivity index (χ1v) is 9.48. The summed E-state index contributed by atoms with van der Waals surface area (Å²) in [5.74, 6) is 2.49. The molecule has 1 aromatic carbocycles. The normalized spacial score (nSPS) is 29.5. The van der Waals surface area contributed by atoms with E-state index in [1.165, 1.54) is 31.2 Å². The summed E-state index contributed by atoms with van der Waals surface area (Å²) >= 11 is 0. The van der Waals surface area contributed by atoms with E-state index in [0.717, 1.165) is 31.3 Å². The molecule has 5 nitrogen and oxygen atoms in total. The second-order valence-electron chi connectivity index (χ2n) is 7.55. The Bertz CT molecular complexity index is 624. The van der Waals surface area contributed by atoms with Crippen LogP contribution >= 0.6 is 0 Å². The van der Waals surface area contributed by atoms with Crippen molar-refractivity contribution in [3.63, 3.8) is 0 Å². The highest BCUT2D eigenvalue weighted by Gasteiger charge is 2.66. The minimum absolute atomic E-state index is 0.384. The fraction of sp³-hybridized carbons (Fsp3) is 0.650. The van der Waals surface area contributed by atoms with E-state index in [0.29, 0.717) is 23.5 Å². The van der Waals surface area contributed by atoms with Gasteiger partial charge >= 0.3 is 0 Å². The van der Waals surface area contributed by atoms with Crippen molar-refractivity contribution in [3.8, 4) is 5.75 Å². The molecule has 3 fully saturated rings. The second kappa shape index (κ2) is 6.87.